The lowest BCUT2D eigenvalue weighted by Crippen LogP contribution is -2.42. The Balaban J connectivity index is 1.56. The molecule has 0 aromatic heterocycles. The van der Waals surface area contributed by atoms with Crippen molar-refractivity contribution in [1.82, 2.24) is 10.9 Å². The molecule has 2 aromatic rings. The van der Waals surface area contributed by atoms with Gasteiger partial charge < -0.3 is 4.74 Å². The SMILES string of the molecule is O=C(Cc1ccc2c(c1)CCO2)NNC(=O)c1ccccc1Cl. The second-order valence-corrected chi connectivity index (χ2v) is 5.61. The number of halogens is 1. The predicted molar refractivity (Wildman–Crippen MR) is 86.4 cm³/mol. The average Bonchev–Trinajstić information content (AvgIpc) is 3.01. The molecule has 6 heteroatoms. The molecule has 0 bridgehead atoms. The largest absolute Gasteiger partial charge is 0.493 e. The first-order valence-corrected chi connectivity index (χ1v) is 7.59. The van der Waals surface area contributed by atoms with Gasteiger partial charge in [-0.2, -0.15) is 0 Å². The number of ether oxygens (including phenoxy) is 1. The van der Waals surface area contributed by atoms with E-state index in [2.05, 4.69) is 10.9 Å². The molecule has 0 unspecified atom stereocenters. The van der Waals surface area contributed by atoms with Gasteiger partial charge in [0.05, 0.1) is 23.6 Å². The molecule has 0 radical (unpaired) electrons. The number of benzene rings is 2. The van der Waals surface area contributed by atoms with Gasteiger partial charge in [0.15, 0.2) is 0 Å². The normalized spacial score (nSPS) is 12.2. The van der Waals surface area contributed by atoms with Crippen LogP contribution < -0.4 is 15.6 Å². The summed E-state index contributed by atoms with van der Waals surface area (Å²) in [6, 6.07) is 12.3. The molecule has 0 saturated heterocycles. The summed E-state index contributed by atoms with van der Waals surface area (Å²) in [5.74, 6) is 0.122. The molecular formula is C17H15ClN2O3. The number of nitrogens with one attached hydrogen (secondary N) is 2. The highest BCUT2D eigenvalue weighted by Crippen LogP contribution is 2.25. The highest BCUT2D eigenvalue weighted by Gasteiger charge is 2.14. The highest BCUT2D eigenvalue weighted by molar-refractivity contribution is 6.33. The molecule has 2 aromatic carbocycles. The number of hydrogen-bond donors (Lipinski definition) is 2. The summed E-state index contributed by atoms with van der Waals surface area (Å²) in [6.45, 7) is 0.679. The first kappa shape index (κ1) is 15.4. The molecule has 2 amide bonds. The third-order valence-corrected chi connectivity index (χ3v) is 3.88. The Bertz CT molecular complexity index is 761. The van der Waals surface area contributed by atoms with Gasteiger partial charge in [0.25, 0.3) is 5.91 Å². The lowest BCUT2D eigenvalue weighted by atomic mass is 10.1. The van der Waals surface area contributed by atoms with Crippen LogP contribution in [0.3, 0.4) is 0 Å². The van der Waals surface area contributed by atoms with Gasteiger partial charge in [-0.15, -0.1) is 0 Å². The van der Waals surface area contributed by atoms with Crippen molar-refractivity contribution in [3.63, 3.8) is 0 Å². The quantitative estimate of drug-likeness (QED) is 0.848. The van der Waals surface area contributed by atoms with Crippen LogP contribution in [0.25, 0.3) is 0 Å². The first-order chi connectivity index (χ1) is 11.1. The smallest absolute Gasteiger partial charge is 0.271 e. The van der Waals surface area contributed by atoms with Crippen molar-refractivity contribution in [3.8, 4) is 5.75 Å². The van der Waals surface area contributed by atoms with Crippen molar-refractivity contribution in [2.24, 2.45) is 0 Å². The lowest BCUT2D eigenvalue weighted by molar-refractivity contribution is -0.121. The van der Waals surface area contributed by atoms with Gasteiger partial charge in [-0.25, -0.2) is 0 Å². The number of fused-ring (bicyclic) bond motifs is 1. The topological polar surface area (TPSA) is 67.4 Å². The zero-order chi connectivity index (χ0) is 16.2. The number of hydrazine groups is 1. The maximum Gasteiger partial charge on any atom is 0.271 e. The van der Waals surface area contributed by atoms with Crippen LogP contribution >= 0.6 is 11.6 Å². The van der Waals surface area contributed by atoms with Gasteiger partial charge in [0.1, 0.15) is 5.75 Å². The predicted octanol–water partition coefficient (Wildman–Crippen LogP) is 2.28. The molecule has 0 aliphatic carbocycles. The van der Waals surface area contributed by atoms with Gasteiger partial charge in [0.2, 0.25) is 5.91 Å². The minimum absolute atomic E-state index is 0.177. The lowest BCUT2D eigenvalue weighted by Gasteiger charge is -2.09. The monoisotopic (exact) mass is 330 g/mol. The molecule has 23 heavy (non-hydrogen) atoms. The molecule has 0 fully saturated rings. The molecule has 1 heterocycles. The van der Waals surface area contributed by atoms with Gasteiger partial charge in [-0.1, -0.05) is 35.9 Å². The summed E-state index contributed by atoms with van der Waals surface area (Å²) in [5.41, 5.74) is 7.05. The van der Waals surface area contributed by atoms with E-state index in [1.165, 1.54) is 0 Å². The first-order valence-electron chi connectivity index (χ1n) is 7.22. The van der Waals surface area contributed by atoms with Crippen LogP contribution in [-0.2, 0) is 17.6 Å². The molecule has 2 N–H and O–H groups in total. The van der Waals surface area contributed by atoms with Crippen LogP contribution in [0.5, 0.6) is 5.75 Å². The molecule has 0 spiro atoms. The Labute approximate surface area is 138 Å². The van der Waals surface area contributed by atoms with Crippen molar-refractivity contribution >= 4 is 23.4 Å². The number of carbonyl (C=O) groups excluding carboxylic acids is 2. The van der Waals surface area contributed by atoms with E-state index in [1.54, 1.807) is 24.3 Å². The van der Waals surface area contributed by atoms with Crippen molar-refractivity contribution in [3.05, 3.63) is 64.2 Å². The third kappa shape index (κ3) is 3.63. The van der Waals surface area contributed by atoms with Crippen molar-refractivity contribution in [2.45, 2.75) is 12.8 Å². The standard InChI is InChI=1S/C17H15ClN2O3/c18-14-4-2-1-3-13(14)17(22)20-19-16(21)10-11-5-6-15-12(9-11)7-8-23-15/h1-6,9H,7-8,10H2,(H,19,21)(H,20,22). The molecule has 118 valence electrons. The highest BCUT2D eigenvalue weighted by atomic mass is 35.5. The number of carbonyl (C=O) groups is 2. The Morgan fingerprint density at radius 3 is 2.78 bits per heavy atom. The molecule has 0 atom stereocenters. The zero-order valence-electron chi connectivity index (χ0n) is 12.3. The summed E-state index contributed by atoms with van der Waals surface area (Å²) in [7, 11) is 0. The summed E-state index contributed by atoms with van der Waals surface area (Å²) in [6.07, 6.45) is 1.03. The average molecular weight is 331 g/mol. The van der Waals surface area contributed by atoms with Crippen LogP contribution in [0, 0.1) is 0 Å². The van der Waals surface area contributed by atoms with Crippen LogP contribution in [0.15, 0.2) is 42.5 Å². The minimum atomic E-state index is -0.452. The molecule has 5 nitrogen and oxygen atoms in total. The van der Waals surface area contributed by atoms with Gasteiger partial charge in [0, 0.05) is 6.42 Å². The maximum atomic E-state index is 11.9. The van der Waals surface area contributed by atoms with Crippen LogP contribution in [0.4, 0.5) is 0 Å². The second-order valence-electron chi connectivity index (χ2n) is 5.20. The fourth-order valence-corrected chi connectivity index (χ4v) is 2.64. The van der Waals surface area contributed by atoms with Crippen molar-refractivity contribution in [2.75, 3.05) is 6.61 Å². The van der Waals surface area contributed by atoms with Crippen molar-refractivity contribution < 1.29 is 14.3 Å². The summed E-state index contributed by atoms with van der Waals surface area (Å²) < 4.78 is 5.43. The summed E-state index contributed by atoms with van der Waals surface area (Å²) in [5, 5.41) is 0.331. The Morgan fingerprint density at radius 1 is 1.13 bits per heavy atom. The van der Waals surface area contributed by atoms with Crippen LogP contribution in [0.1, 0.15) is 21.5 Å². The second kappa shape index (κ2) is 6.71. The number of rotatable bonds is 3. The van der Waals surface area contributed by atoms with E-state index in [1.807, 2.05) is 18.2 Å². The van der Waals surface area contributed by atoms with E-state index in [0.29, 0.717) is 17.2 Å². The van der Waals surface area contributed by atoms with E-state index in [-0.39, 0.29) is 12.3 Å². The molecule has 3 rings (SSSR count). The van der Waals surface area contributed by atoms with E-state index < -0.39 is 5.91 Å². The third-order valence-electron chi connectivity index (χ3n) is 3.55. The fraction of sp³-hybridized carbons (Fsp3) is 0.176. The fourth-order valence-electron chi connectivity index (χ4n) is 2.42. The Hall–Kier alpha value is -2.53. The van der Waals surface area contributed by atoms with Crippen molar-refractivity contribution in [1.29, 1.82) is 0 Å². The van der Waals surface area contributed by atoms with Gasteiger partial charge in [-0.05, 0) is 29.3 Å². The van der Waals surface area contributed by atoms with E-state index in [4.69, 9.17) is 16.3 Å². The molecule has 1 aliphatic rings. The van der Waals surface area contributed by atoms with Crippen LogP contribution in [0.2, 0.25) is 5.02 Å². The van der Waals surface area contributed by atoms with Gasteiger partial charge in [-0.3, -0.25) is 20.4 Å². The maximum absolute atomic E-state index is 11.9. The minimum Gasteiger partial charge on any atom is -0.493 e. The molecule has 0 saturated carbocycles. The van der Waals surface area contributed by atoms with E-state index in [9.17, 15) is 9.59 Å². The summed E-state index contributed by atoms with van der Waals surface area (Å²) >= 11 is 5.93. The van der Waals surface area contributed by atoms with E-state index in [0.717, 1.165) is 23.3 Å². The number of hydrogen-bond acceptors (Lipinski definition) is 3. The Morgan fingerprint density at radius 2 is 1.96 bits per heavy atom. The molecule has 1 aliphatic heterocycles. The summed E-state index contributed by atoms with van der Waals surface area (Å²) in [4.78, 5) is 23.9. The Kier molecular flexibility index (Phi) is 4.48. The van der Waals surface area contributed by atoms with E-state index >= 15 is 0 Å². The van der Waals surface area contributed by atoms with Gasteiger partial charge >= 0.3 is 0 Å². The number of amides is 2. The zero-order valence-corrected chi connectivity index (χ0v) is 13.0. The molecular weight excluding hydrogens is 316 g/mol. The van der Waals surface area contributed by atoms with Crippen LogP contribution in [-0.4, -0.2) is 18.4 Å².